The van der Waals surface area contributed by atoms with Gasteiger partial charge in [-0.15, -0.1) is 0 Å². The zero-order chi connectivity index (χ0) is 15.6. The molecule has 1 aromatic rings. The molecular weight excluding hydrogens is 284 g/mol. The first kappa shape index (κ1) is 15.6. The van der Waals surface area contributed by atoms with E-state index >= 15 is 0 Å². The summed E-state index contributed by atoms with van der Waals surface area (Å²) in [4.78, 5) is 10.5. The molecule has 23 heavy (non-hydrogen) atoms. The summed E-state index contributed by atoms with van der Waals surface area (Å²) in [6.07, 6.45) is 12.0. The van der Waals surface area contributed by atoms with Gasteiger partial charge in [-0.3, -0.25) is 4.90 Å². The summed E-state index contributed by atoms with van der Waals surface area (Å²) in [7, 11) is 2.26. The zero-order valence-corrected chi connectivity index (χ0v) is 14.8. The fourth-order valence-electron chi connectivity index (χ4n) is 4.84. The van der Waals surface area contributed by atoms with Gasteiger partial charge < -0.3 is 9.47 Å². The second-order valence-corrected chi connectivity index (χ2v) is 7.73. The number of nitrogens with zero attached hydrogens (tertiary/aromatic N) is 4. The topological polar surface area (TPSA) is 24.3 Å². The van der Waals surface area contributed by atoms with Crippen LogP contribution in [0.1, 0.15) is 68.2 Å². The van der Waals surface area contributed by atoms with Gasteiger partial charge in [-0.25, -0.2) is 4.98 Å². The Morgan fingerprint density at radius 1 is 0.913 bits per heavy atom. The quantitative estimate of drug-likeness (QED) is 0.853. The molecule has 0 aromatic carbocycles. The van der Waals surface area contributed by atoms with E-state index < -0.39 is 0 Å². The van der Waals surface area contributed by atoms with E-state index in [4.69, 9.17) is 4.98 Å². The van der Waals surface area contributed by atoms with Gasteiger partial charge in [0.1, 0.15) is 5.82 Å². The Balaban J connectivity index is 1.44. The maximum Gasteiger partial charge on any atom is 0.126 e. The maximum absolute atomic E-state index is 5.09. The largest absolute Gasteiger partial charge is 0.334 e. The molecule has 1 atom stereocenters. The van der Waals surface area contributed by atoms with Crippen LogP contribution in [0.3, 0.4) is 0 Å². The lowest BCUT2D eigenvalue weighted by Gasteiger charge is -2.30. The fourth-order valence-corrected chi connectivity index (χ4v) is 4.84. The molecule has 4 nitrogen and oxygen atoms in total. The highest BCUT2D eigenvalue weighted by Gasteiger charge is 2.31. The number of aromatic nitrogens is 2. The molecule has 1 aliphatic carbocycles. The first-order chi connectivity index (χ1) is 11.3. The van der Waals surface area contributed by atoms with Crippen molar-refractivity contribution in [3.63, 3.8) is 0 Å². The van der Waals surface area contributed by atoms with Crippen LogP contribution in [-0.2, 0) is 19.9 Å². The van der Waals surface area contributed by atoms with Crippen LogP contribution in [0.25, 0.3) is 0 Å². The van der Waals surface area contributed by atoms with Crippen LogP contribution in [-0.4, -0.2) is 52.1 Å². The van der Waals surface area contributed by atoms with Gasteiger partial charge in [-0.1, -0.05) is 6.42 Å². The van der Waals surface area contributed by atoms with Crippen molar-refractivity contribution in [1.29, 1.82) is 0 Å². The molecule has 0 saturated carbocycles. The van der Waals surface area contributed by atoms with E-state index in [1.807, 2.05) is 0 Å². The number of rotatable bonds is 4. The van der Waals surface area contributed by atoms with Gasteiger partial charge in [-0.05, 0) is 71.0 Å². The summed E-state index contributed by atoms with van der Waals surface area (Å²) in [6, 6.07) is 0.565. The lowest BCUT2D eigenvalue weighted by atomic mass is 10.0. The number of likely N-dealkylation sites (tertiary alicyclic amines) is 2. The Morgan fingerprint density at radius 2 is 1.74 bits per heavy atom. The number of hydrogen-bond donors (Lipinski definition) is 0. The average Bonchev–Trinajstić information content (AvgIpc) is 3.19. The monoisotopic (exact) mass is 316 g/mol. The minimum Gasteiger partial charge on any atom is -0.334 e. The van der Waals surface area contributed by atoms with Crippen molar-refractivity contribution in [3.8, 4) is 0 Å². The number of hydrogen-bond acceptors (Lipinski definition) is 3. The van der Waals surface area contributed by atoms with Crippen LogP contribution in [0.4, 0.5) is 0 Å². The van der Waals surface area contributed by atoms with Crippen molar-refractivity contribution in [3.05, 3.63) is 17.2 Å². The molecule has 128 valence electrons. The third-order valence-corrected chi connectivity index (χ3v) is 6.22. The van der Waals surface area contributed by atoms with E-state index in [1.54, 1.807) is 0 Å². The first-order valence-corrected chi connectivity index (χ1v) is 9.84. The minimum absolute atomic E-state index is 0.565. The normalized spacial score (nSPS) is 26.6. The smallest absolute Gasteiger partial charge is 0.126 e. The van der Waals surface area contributed by atoms with Gasteiger partial charge in [0.2, 0.25) is 0 Å². The van der Waals surface area contributed by atoms with Gasteiger partial charge in [0.15, 0.2) is 0 Å². The zero-order valence-electron chi connectivity index (χ0n) is 14.8. The lowest BCUT2D eigenvalue weighted by Crippen LogP contribution is -2.38. The van der Waals surface area contributed by atoms with E-state index in [0.29, 0.717) is 6.04 Å². The van der Waals surface area contributed by atoms with E-state index in [2.05, 4.69) is 21.4 Å². The minimum atomic E-state index is 0.565. The Kier molecular flexibility index (Phi) is 4.72. The molecule has 0 unspecified atom stereocenters. The average molecular weight is 316 g/mol. The van der Waals surface area contributed by atoms with Gasteiger partial charge >= 0.3 is 0 Å². The molecule has 2 fully saturated rings. The Bertz CT molecular complexity index is 530. The van der Waals surface area contributed by atoms with Gasteiger partial charge in [-0.2, -0.15) is 0 Å². The van der Waals surface area contributed by atoms with Crippen LogP contribution in [0.15, 0.2) is 0 Å². The number of aryl methyl sites for hydroxylation is 1. The van der Waals surface area contributed by atoms with E-state index in [-0.39, 0.29) is 0 Å². The summed E-state index contributed by atoms with van der Waals surface area (Å²) in [5, 5.41) is 0. The summed E-state index contributed by atoms with van der Waals surface area (Å²) < 4.78 is 2.44. The molecule has 0 N–H and O–H groups in total. The van der Waals surface area contributed by atoms with Gasteiger partial charge in [0, 0.05) is 25.8 Å². The van der Waals surface area contributed by atoms with Crippen molar-refractivity contribution in [2.75, 3.05) is 32.7 Å². The summed E-state index contributed by atoms with van der Waals surface area (Å²) in [6.45, 7) is 6.36. The van der Waals surface area contributed by atoms with Crippen molar-refractivity contribution in [2.24, 2.45) is 7.05 Å². The summed E-state index contributed by atoms with van der Waals surface area (Å²) in [5.41, 5.74) is 2.92. The Labute approximate surface area is 140 Å². The van der Waals surface area contributed by atoms with Crippen LogP contribution in [0, 0.1) is 0 Å². The molecule has 4 heteroatoms. The molecule has 0 spiro atoms. The third-order valence-electron chi connectivity index (χ3n) is 6.22. The highest BCUT2D eigenvalue weighted by atomic mass is 15.3. The summed E-state index contributed by atoms with van der Waals surface area (Å²) in [5.74, 6) is 1.35. The van der Waals surface area contributed by atoms with Crippen molar-refractivity contribution < 1.29 is 0 Å². The van der Waals surface area contributed by atoms with Crippen molar-refractivity contribution in [1.82, 2.24) is 19.4 Å². The molecule has 3 aliphatic rings. The van der Waals surface area contributed by atoms with Crippen molar-refractivity contribution in [2.45, 2.75) is 63.8 Å². The molecule has 4 rings (SSSR count). The van der Waals surface area contributed by atoms with Gasteiger partial charge in [0.25, 0.3) is 0 Å². The molecule has 3 heterocycles. The third kappa shape index (κ3) is 3.20. The molecule has 0 radical (unpaired) electrons. The molecule has 0 amide bonds. The Hall–Kier alpha value is -0.870. The van der Waals surface area contributed by atoms with Crippen molar-refractivity contribution >= 4 is 0 Å². The number of fused-ring (bicyclic) bond motifs is 1. The van der Waals surface area contributed by atoms with Gasteiger partial charge in [0.05, 0.1) is 11.7 Å². The second kappa shape index (κ2) is 6.94. The first-order valence-electron chi connectivity index (χ1n) is 9.84. The molecule has 2 saturated heterocycles. The van der Waals surface area contributed by atoms with E-state index in [9.17, 15) is 0 Å². The number of imidazole rings is 1. The molecule has 2 aliphatic heterocycles. The molecule has 1 aromatic heterocycles. The maximum atomic E-state index is 5.09. The van der Waals surface area contributed by atoms with Crippen LogP contribution >= 0.6 is 0 Å². The molecule has 0 bridgehead atoms. The van der Waals surface area contributed by atoms with E-state index in [1.165, 1.54) is 108 Å². The predicted octanol–water partition coefficient (Wildman–Crippen LogP) is 2.92. The number of piperidine rings is 1. The van der Waals surface area contributed by atoms with E-state index in [0.717, 1.165) is 0 Å². The predicted molar refractivity (Wildman–Crippen MR) is 93.7 cm³/mol. The highest BCUT2D eigenvalue weighted by molar-refractivity contribution is 5.22. The fraction of sp³-hybridized carbons (Fsp3) is 0.842. The second-order valence-electron chi connectivity index (χ2n) is 7.73. The standard InChI is InChI=1S/C19H32N4/c1-21-17-9-4-3-8-16(17)20-19(21)18-10-7-13-23(18)15-14-22-11-5-2-6-12-22/h18H,2-15H2,1H3/t18-/m0/s1. The van der Waals surface area contributed by atoms with Crippen LogP contribution in [0.5, 0.6) is 0 Å². The Morgan fingerprint density at radius 3 is 2.57 bits per heavy atom. The molecular formula is C19H32N4. The summed E-state index contributed by atoms with van der Waals surface area (Å²) >= 11 is 0. The lowest BCUT2D eigenvalue weighted by molar-refractivity contribution is 0.170. The SMILES string of the molecule is Cn1c([C@@H]2CCCN2CCN2CCCCC2)nc2c1CCCC2. The van der Waals surface area contributed by atoms with Crippen LogP contribution in [0.2, 0.25) is 0 Å². The highest BCUT2D eigenvalue weighted by Crippen LogP contribution is 2.33. The van der Waals surface area contributed by atoms with Crippen LogP contribution < -0.4 is 0 Å².